The number of rotatable bonds is 10. The normalized spacial score (nSPS) is 21.9. The summed E-state index contributed by atoms with van der Waals surface area (Å²) in [6.45, 7) is 6.23. The average Bonchev–Trinajstić information content (AvgIpc) is 2.82. The van der Waals surface area contributed by atoms with E-state index in [2.05, 4.69) is 12.2 Å². The molecule has 0 aromatic carbocycles. The SMILES string of the molecule is CCCC(CCN)CCCNCC1CCCO1. The van der Waals surface area contributed by atoms with E-state index >= 15 is 0 Å². The third kappa shape index (κ3) is 7.02. The number of hydrogen-bond acceptors (Lipinski definition) is 3. The Labute approximate surface area is 106 Å². The van der Waals surface area contributed by atoms with E-state index in [0.717, 1.165) is 32.2 Å². The molecule has 0 spiro atoms. The molecule has 0 aromatic rings. The van der Waals surface area contributed by atoms with Crippen LogP contribution in [0.5, 0.6) is 0 Å². The summed E-state index contributed by atoms with van der Waals surface area (Å²) < 4.78 is 5.58. The lowest BCUT2D eigenvalue weighted by molar-refractivity contribution is 0.110. The maximum absolute atomic E-state index is 5.64. The van der Waals surface area contributed by atoms with Crippen molar-refractivity contribution in [1.82, 2.24) is 5.32 Å². The lowest BCUT2D eigenvalue weighted by atomic mass is 9.94. The molecule has 1 saturated heterocycles. The molecule has 0 bridgehead atoms. The van der Waals surface area contributed by atoms with Gasteiger partial charge in [-0.1, -0.05) is 19.8 Å². The summed E-state index contributed by atoms with van der Waals surface area (Å²) in [5.41, 5.74) is 5.64. The van der Waals surface area contributed by atoms with Crippen LogP contribution in [0.2, 0.25) is 0 Å². The Morgan fingerprint density at radius 3 is 2.88 bits per heavy atom. The van der Waals surface area contributed by atoms with E-state index in [0.29, 0.717) is 6.10 Å². The van der Waals surface area contributed by atoms with Crippen molar-refractivity contribution < 1.29 is 4.74 Å². The number of hydrogen-bond donors (Lipinski definition) is 2. The molecule has 1 aliphatic rings. The van der Waals surface area contributed by atoms with Gasteiger partial charge in [-0.25, -0.2) is 0 Å². The van der Waals surface area contributed by atoms with Crippen LogP contribution in [0.3, 0.4) is 0 Å². The molecule has 1 rings (SSSR count). The molecule has 1 fully saturated rings. The zero-order valence-corrected chi connectivity index (χ0v) is 11.4. The highest BCUT2D eigenvalue weighted by Gasteiger charge is 2.14. The van der Waals surface area contributed by atoms with Gasteiger partial charge in [0.1, 0.15) is 0 Å². The third-order valence-corrected chi connectivity index (χ3v) is 3.63. The van der Waals surface area contributed by atoms with Crippen molar-refractivity contribution >= 4 is 0 Å². The van der Waals surface area contributed by atoms with Gasteiger partial charge in [0.25, 0.3) is 0 Å². The molecule has 3 N–H and O–H groups in total. The molecule has 0 amide bonds. The van der Waals surface area contributed by atoms with Crippen LogP contribution >= 0.6 is 0 Å². The second-order valence-corrected chi connectivity index (χ2v) is 5.21. The van der Waals surface area contributed by atoms with Gasteiger partial charge in [0.15, 0.2) is 0 Å². The number of nitrogens with two attached hydrogens (primary N) is 1. The minimum Gasteiger partial charge on any atom is -0.377 e. The van der Waals surface area contributed by atoms with Crippen molar-refractivity contribution in [2.45, 2.75) is 58.0 Å². The summed E-state index contributed by atoms with van der Waals surface area (Å²) in [7, 11) is 0. The standard InChI is InChI=1S/C14H30N2O/c1-2-5-13(8-9-15)6-3-10-16-12-14-7-4-11-17-14/h13-14,16H,2-12,15H2,1H3. The first-order chi connectivity index (χ1) is 8.36. The van der Waals surface area contributed by atoms with E-state index < -0.39 is 0 Å². The predicted octanol–water partition coefficient (Wildman–Crippen LogP) is 2.30. The second-order valence-electron chi connectivity index (χ2n) is 5.21. The van der Waals surface area contributed by atoms with Crippen molar-refractivity contribution in [1.29, 1.82) is 0 Å². The van der Waals surface area contributed by atoms with E-state index in [1.165, 1.54) is 44.9 Å². The smallest absolute Gasteiger partial charge is 0.0700 e. The Balaban J connectivity index is 1.93. The minimum absolute atomic E-state index is 0.477. The maximum atomic E-state index is 5.64. The topological polar surface area (TPSA) is 47.3 Å². The highest BCUT2D eigenvalue weighted by Crippen LogP contribution is 2.16. The molecule has 102 valence electrons. The van der Waals surface area contributed by atoms with Gasteiger partial charge in [0.05, 0.1) is 6.10 Å². The van der Waals surface area contributed by atoms with E-state index in [-0.39, 0.29) is 0 Å². The van der Waals surface area contributed by atoms with E-state index in [1.807, 2.05) is 0 Å². The molecule has 17 heavy (non-hydrogen) atoms. The predicted molar refractivity (Wildman–Crippen MR) is 73.1 cm³/mol. The summed E-state index contributed by atoms with van der Waals surface area (Å²) in [6, 6.07) is 0. The molecular formula is C14H30N2O. The summed E-state index contributed by atoms with van der Waals surface area (Å²) in [4.78, 5) is 0. The fraction of sp³-hybridized carbons (Fsp3) is 1.00. The molecule has 2 atom stereocenters. The molecule has 0 saturated carbocycles. The Morgan fingerprint density at radius 1 is 1.35 bits per heavy atom. The van der Waals surface area contributed by atoms with Crippen LogP contribution < -0.4 is 11.1 Å². The molecule has 3 heteroatoms. The summed E-state index contributed by atoms with van der Waals surface area (Å²) >= 11 is 0. The van der Waals surface area contributed by atoms with Gasteiger partial charge >= 0.3 is 0 Å². The molecule has 0 aromatic heterocycles. The Morgan fingerprint density at radius 2 is 2.24 bits per heavy atom. The van der Waals surface area contributed by atoms with Gasteiger partial charge in [-0.2, -0.15) is 0 Å². The fourth-order valence-electron chi connectivity index (χ4n) is 2.66. The zero-order chi connectivity index (χ0) is 12.3. The summed E-state index contributed by atoms with van der Waals surface area (Å²) in [5, 5.41) is 3.51. The molecule has 0 aliphatic carbocycles. The summed E-state index contributed by atoms with van der Waals surface area (Å²) in [6.07, 6.45) is 9.36. The first-order valence-corrected chi connectivity index (χ1v) is 7.39. The molecule has 0 radical (unpaired) electrons. The number of nitrogens with one attached hydrogen (secondary N) is 1. The van der Waals surface area contributed by atoms with Crippen molar-refractivity contribution in [3.8, 4) is 0 Å². The van der Waals surface area contributed by atoms with Crippen molar-refractivity contribution in [2.75, 3.05) is 26.2 Å². The van der Waals surface area contributed by atoms with Crippen LogP contribution in [-0.2, 0) is 4.74 Å². The minimum atomic E-state index is 0.477. The van der Waals surface area contributed by atoms with Crippen LogP contribution in [0.4, 0.5) is 0 Å². The van der Waals surface area contributed by atoms with Gasteiger partial charge < -0.3 is 15.8 Å². The van der Waals surface area contributed by atoms with Crippen LogP contribution in [-0.4, -0.2) is 32.3 Å². The quantitative estimate of drug-likeness (QED) is 0.578. The molecule has 1 heterocycles. The first kappa shape index (κ1) is 14.9. The van der Waals surface area contributed by atoms with E-state index in [1.54, 1.807) is 0 Å². The van der Waals surface area contributed by atoms with Crippen LogP contribution in [0.15, 0.2) is 0 Å². The Hall–Kier alpha value is -0.120. The maximum Gasteiger partial charge on any atom is 0.0700 e. The fourth-order valence-corrected chi connectivity index (χ4v) is 2.66. The highest BCUT2D eigenvalue weighted by molar-refractivity contribution is 4.68. The molecule has 1 aliphatic heterocycles. The Kier molecular flexibility index (Phi) is 8.67. The average molecular weight is 242 g/mol. The summed E-state index contributed by atoms with van der Waals surface area (Å²) in [5.74, 6) is 0.842. The van der Waals surface area contributed by atoms with Crippen molar-refractivity contribution in [2.24, 2.45) is 11.7 Å². The van der Waals surface area contributed by atoms with Gasteiger partial charge in [0.2, 0.25) is 0 Å². The number of ether oxygens (including phenoxy) is 1. The lowest BCUT2D eigenvalue weighted by Crippen LogP contribution is -2.27. The van der Waals surface area contributed by atoms with Crippen molar-refractivity contribution in [3.05, 3.63) is 0 Å². The monoisotopic (exact) mass is 242 g/mol. The molecule has 2 unspecified atom stereocenters. The molecule has 3 nitrogen and oxygen atoms in total. The van der Waals surface area contributed by atoms with E-state index in [9.17, 15) is 0 Å². The molecular weight excluding hydrogens is 212 g/mol. The van der Waals surface area contributed by atoms with Crippen LogP contribution in [0.1, 0.15) is 51.9 Å². The second kappa shape index (κ2) is 9.86. The Bertz CT molecular complexity index is 164. The van der Waals surface area contributed by atoms with Crippen molar-refractivity contribution in [3.63, 3.8) is 0 Å². The zero-order valence-electron chi connectivity index (χ0n) is 11.4. The van der Waals surface area contributed by atoms with E-state index in [4.69, 9.17) is 10.5 Å². The highest BCUT2D eigenvalue weighted by atomic mass is 16.5. The van der Waals surface area contributed by atoms with Gasteiger partial charge in [-0.15, -0.1) is 0 Å². The van der Waals surface area contributed by atoms with Crippen LogP contribution in [0.25, 0.3) is 0 Å². The van der Waals surface area contributed by atoms with Gasteiger partial charge in [0, 0.05) is 13.2 Å². The largest absolute Gasteiger partial charge is 0.377 e. The van der Waals surface area contributed by atoms with Gasteiger partial charge in [-0.3, -0.25) is 0 Å². The third-order valence-electron chi connectivity index (χ3n) is 3.63. The van der Waals surface area contributed by atoms with Gasteiger partial charge in [-0.05, 0) is 51.1 Å². The first-order valence-electron chi connectivity index (χ1n) is 7.39. The lowest BCUT2D eigenvalue weighted by Gasteiger charge is -2.15. The van der Waals surface area contributed by atoms with Crippen LogP contribution in [0, 0.1) is 5.92 Å².